The molecule has 3 rings (SSSR count). The maximum Gasteiger partial charge on any atom is 0.140 e. The zero-order valence-corrected chi connectivity index (χ0v) is 19.0. The zero-order valence-electron chi connectivity index (χ0n) is 17.4. The molecule has 0 spiro atoms. The third-order valence-corrected chi connectivity index (χ3v) is 7.18. The van der Waals surface area contributed by atoms with Gasteiger partial charge < -0.3 is 35.4 Å². The molecule has 0 bridgehead atoms. The Morgan fingerprint density at radius 3 is 1.62 bits per heavy atom. The third kappa shape index (κ3) is 6.75. The molecule has 5 atom stereocenters. The van der Waals surface area contributed by atoms with Crippen molar-refractivity contribution in [1.82, 2.24) is 4.90 Å². The second-order valence-corrected chi connectivity index (χ2v) is 9.78. The minimum absolute atomic E-state index is 0.198. The van der Waals surface area contributed by atoms with Crippen LogP contribution in [0, 0.1) is 0 Å². The van der Waals surface area contributed by atoms with Crippen LogP contribution < -0.4 is 0 Å². The Hall–Kier alpha value is -1.50. The van der Waals surface area contributed by atoms with Crippen LogP contribution in [0.1, 0.15) is 0 Å². The fourth-order valence-electron chi connectivity index (χ4n) is 3.40. The van der Waals surface area contributed by atoms with Crippen LogP contribution in [0.5, 0.6) is 11.5 Å². The third-order valence-electron chi connectivity index (χ3n) is 5.19. The molecule has 0 amide bonds. The first-order chi connectivity index (χ1) is 15.4. The van der Waals surface area contributed by atoms with E-state index < -0.39 is 37.3 Å². The second-order valence-electron chi connectivity index (χ2n) is 7.44. The molecule has 2 aromatic carbocycles. The predicted molar refractivity (Wildman–Crippen MR) is 123 cm³/mol. The van der Waals surface area contributed by atoms with E-state index in [0.717, 1.165) is 9.79 Å². The molecule has 2 aromatic rings. The summed E-state index contributed by atoms with van der Waals surface area (Å²) >= 11 is 3.15. The van der Waals surface area contributed by atoms with Gasteiger partial charge in [0.2, 0.25) is 0 Å². The minimum Gasteiger partial charge on any atom is -0.508 e. The van der Waals surface area contributed by atoms with E-state index in [1.165, 1.54) is 0 Å². The number of phenols is 2. The molecule has 0 saturated carbocycles. The van der Waals surface area contributed by atoms with Crippen molar-refractivity contribution < 1.29 is 35.4 Å². The molecule has 1 heterocycles. The van der Waals surface area contributed by atoms with Crippen LogP contribution in [0.3, 0.4) is 0 Å². The van der Waals surface area contributed by atoms with Crippen LogP contribution in [0.15, 0.2) is 58.3 Å². The summed E-state index contributed by atoms with van der Waals surface area (Å²) in [5.41, 5.74) is 0. The van der Waals surface area contributed by atoms with Crippen LogP contribution >= 0.6 is 23.5 Å². The van der Waals surface area contributed by atoms with Gasteiger partial charge in [0.25, 0.3) is 0 Å². The van der Waals surface area contributed by atoms with Gasteiger partial charge in [-0.25, -0.2) is 0 Å². The molecule has 1 aliphatic heterocycles. The zero-order chi connectivity index (χ0) is 23.1. The average molecular weight is 484 g/mol. The molecule has 0 aromatic heterocycles. The highest BCUT2D eigenvalue weighted by atomic mass is 32.2. The molecule has 1 saturated heterocycles. The number of benzene rings is 2. The van der Waals surface area contributed by atoms with Gasteiger partial charge in [-0.15, -0.1) is 23.5 Å². The quantitative estimate of drug-likeness (QED) is 0.273. The Kier molecular flexibility index (Phi) is 9.50. The number of thioether (sulfide) groups is 2. The number of hydrogen-bond donors (Lipinski definition) is 6. The molecule has 0 radical (unpaired) electrons. The van der Waals surface area contributed by atoms with Crippen molar-refractivity contribution in [2.45, 2.75) is 40.4 Å². The highest BCUT2D eigenvalue weighted by Crippen LogP contribution is 2.27. The van der Waals surface area contributed by atoms with Crippen molar-refractivity contribution in [2.24, 2.45) is 0 Å². The number of aromatic hydroxyl groups is 2. The van der Waals surface area contributed by atoms with Gasteiger partial charge in [-0.2, -0.15) is 0 Å². The van der Waals surface area contributed by atoms with Crippen molar-refractivity contribution in [3.05, 3.63) is 48.5 Å². The van der Waals surface area contributed by atoms with Gasteiger partial charge in [0.05, 0.1) is 6.61 Å². The normalized spacial score (nSPS) is 25.8. The highest BCUT2D eigenvalue weighted by Gasteiger charge is 2.45. The van der Waals surface area contributed by atoms with Gasteiger partial charge in [-0.3, -0.25) is 4.90 Å². The molecule has 176 valence electrons. The fraction of sp³-hybridized carbons (Fsp3) is 0.455. The molecule has 8 nitrogen and oxygen atoms in total. The number of hydrogen-bond acceptors (Lipinski definition) is 10. The highest BCUT2D eigenvalue weighted by molar-refractivity contribution is 7.99. The minimum atomic E-state index is -1.43. The van der Waals surface area contributed by atoms with Crippen molar-refractivity contribution in [1.29, 1.82) is 0 Å². The first-order valence-corrected chi connectivity index (χ1v) is 12.2. The Balaban J connectivity index is 1.64. The summed E-state index contributed by atoms with van der Waals surface area (Å²) in [6, 6.07) is 13.7. The second kappa shape index (κ2) is 12.1. The molecule has 6 N–H and O–H groups in total. The summed E-state index contributed by atoms with van der Waals surface area (Å²) in [5.74, 6) is 1.71. The first kappa shape index (κ1) is 25.1. The van der Waals surface area contributed by atoms with Gasteiger partial charge in [0.15, 0.2) is 0 Å². The standard InChI is InChI=1S/C22H29NO7S2/c24-13-18-19(27)20(28)21(29)22(30-18)23(9-11-31-16-5-1-14(25)2-6-16)10-12-32-17-7-3-15(26)4-8-17/h1-8,18-22,24-29H,9-13H2. The number of ether oxygens (including phenoxy) is 1. The Labute approximate surface area is 195 Å². The molecule has 1 aliphatic rings. The Bertz CT molecular complexity index is 771. The lowest BCUT2D eigenvalue weighted by atomic mass is 9.98. The van der Waals surface area contributed by atoms with Crippen LogP contribution in [0.25, 0.3) is 0 Å². The van der Waals surface area contributed by atoms with Gasteiger partial charge >= 0.3 is 0 Å². The van der Waals surface area contributed by atoms with Gasteiger partial charge in [-0.05, 0) is 48.5 Å². The van der Waals surface area contributed by atoms with Crippen LogP contribution in [-0.4, -0.2) is 97.4 Å². The number of nitrogens with zero attached hydrogens (tertiary/aromatic N) is 1. The monoisotopic (exact) mass is 483 g/mol. The van der Waals surface area contributed by atoms with E-state index >= 15 is 0 Å². The van der Waals surface area contributed by atoms with Crippen LogP contribution in [0.4, 0.5) is 0 Å². The van der Waals surface area contributed by atoms with E-state index in [1.807, 2.05) is 29.2 Å². The number of aliphatic hydroxyl groups excluding tert-OH is 4. The molecule has 10 heteroatoms. The summed E-state index contributed by atoms with van der Waals surface area (Å²) in [4.78, 5) is 3.86. The molecular formula is C22H29NO7S2. The smallest absolute Gasteiger partial charge is 0.140 e. The van der Waals surface area contributed by atoms with E-state index in [9.17, 15) is 30.6 Å². The van der Waals surface area contributed by atoms with E-state index in [-0.39, 0.29) is 11.5 Å². The molecule has 1 fully saturated rings. The van der Waals surface area contributed by atoms with E-state index in [0.29, 0.717) is 24.6 Å². The SMILES string of the molecule is OCC1OC(N(CCSc2ccc(O)cc2)CCSc2ccc(O)cc2)C(O)C(O)C1O. The van der Waals surface area contributed by atoms with E-state index in [4.69, 9.17) is 4.74 Å². The largest absolute Gasteiger partial charge is 0.508 e. The summed E-state index contributed by atoms with van der Waals surface area (Å²) in [7, 11) is 0. The Morgan fingerprint density at radius 1 is 0.719 bits per heavy atom. The lowest BCUT2D eigenvalue weighted by molar-refractivity contribution is -0.264. The molecule has 5 unspecified atom stereocenters. The topological polar surface area (TPSA) is 134 Å². The molecule has 32 heavy (non-hydrogen) atoms. The maximum atomic E-state index is 10.6. The van der Waals surface area contributed by atoms with Crippen molar-refractivity contribution in [2.75, 3.05) is 31.2 Å². The van der Waals surface area contributed by atoms with Crippen LogP contribution in [0.2, 0.25) is 0 Å². The van der Waals surface area contributed by atoms with Crippen molar-refractivity contribution in [3.8, 4) is 11.5 Å². The number of rotatable bonds is 10. The lowest BCUT2D eigenvalue weighted by Crippen LogP contribution is -2.63. The van der Waals surface area contributed by atoms with E-state index in [1.54, 1.807) is 47.8 Å². The van der Waals surface area contributed by atoms with Gasteiger partial charge in [-0.1, -0.05) is 0 Å². The fourth-order valence-corrected chi connectivity index (χ4v) is 5.18. The summed E-state index contributed by atoms with van der Waals surface area (Å²) in [6.45, 7) is 0.564. The summed E-state index contributed by atoms with van der Waals surface area (Å²) < 4.78 is 5.76. The van der Waals surface area contributed by atoms with Crippen LogP contribution in [-0.2, 0) is 4.74 Å². The lowest BCUT2D eigenvalue weighted by Gasteiger charge is -2.44. The maximum absolute atomic E-state index is 10.6. The number of phenolic OH excluding ortho intramolecular Hbond substituents is 2. The average Bonchev–Trinajstić information content (AvgIpc) is 2.79. The predicted octanol–water partition coefficient (Wildman–Crippen LogP) is 1.08. The van der Waals surface area contributed by atoms with Gasteiger partial charge in [0.1, 0.15) is 42.1 Å². The van der Waals surface area contributed by atoms with Crippen molar-refractivity contribution >= 4 is 23.5 Å². The molecule has 0 aliphatic carbocycles. The summed E-state index contributed by atoms with van der Waals surface area (Å²) in [6.07, 6.45) is -6.00. The number of aliphatic hydroxyl groups is 4. The Morgan fingerprint density at radius 2 is 1.19 bits per heavy atom. The van der Waals surface area contributed by atoms with E-state index in [2.05, 4.69) is 0 Å². The van der Waals surface area contributed by atoms with Gasteiger partial charge in [0, 0.05) is 34.4 Å². The summed E-state index contributed by atoms with van der Waals surface area (Å²) in [5, 5.41) is 59.2. The molecular weight excluding hydrogens is 454 g/mol. The van der Waals surface area contributed by atoms with Crippen molar-refractivity contribution in [3.63, 3.8) is 0 Å². The first-order valence-electron chi connectivity index (χ1n) is 10.3.